The monoisotopic (exact) mass is 373 g/mol. The molecule has 0 aliphatic heterocycles. The quantitative estimate of drug-likeness (QED) is 0.341. The summed E-state index contributed by atoms with van der Waals surface area (Å²) in [5.41, 5.74) is 2.02. The van der Waals surface area contributed by atoms with E-state index in [9.17, 15) is 4.79 Å². The van der Waals surface area contributed by atoms with Crippen molar-refractivity contribution in [1.29, 1.82) is 0 Å². The van der Waals surface area contributed by atoms with Gasteiger partial charge in [0.1, 0.15) is 5.60 Å². The predicted octanol–water partition coefficient (Wildman–Crippen LogP) is 2.79. The Balaban J connectivity index is 1.62. The number of amides is 1. The summed E-state index contributed by atoms with van der Waals surface area (Å²) in [6.07, 6.45) is 3.67. The highest BCUT2D eigenvalue weighted by atomic mass is 16.6. The van der Waals surface area contributed by atoms with Crippen LogP contribution in [0, 0.1) is 0 Å². The molecule has 7 heteroatoms. The second kappa shape index (κ2) is 9.85. The van der Waals surface area contributed by atoms with Crippen molar-refractivity contribution in [1.82, 2.24) is 20.9 Å². The van der Waals surface area contributed by atoms with E-state index in [1.165, 1.54) is 16.5 Å². The standard InChI is InChI=1S/C20H31N5O2/c1-20(2,3)27-19(26)24-13-12-23-18(21-4)22-11-7-8-15-14-25-17-10-6-5-9-16(15)17/h5-6,9-10,14,25H,7-8,11-13H2,1-4H3,(H,24,26)(H2,21,22,23). The number of aromatic amines is 1. The van der Waals surface area contributed by atoms with Gasteiger partial charge in [0.2, 0.25) is 0 Å². The average Bonchev–Trinajstić information content (AvgIpc) is 3.02. The number of hydrogen-bond donors (Lipinski definition) is 4. The maximum absolute atomic E-state index is 11.6. The molecule has 0 spiro atoms. The van der Waals surface area contributed by atoms with Crippen LogP contribution < -0.4 is 16.0 Å². The molecule has 0 fully saturated rings. The van der Waals surface area contributed by atoms with Crippen LogP contribution in [0.2, 0.25) is 0 Å². The molecule has 0 saturated heterocycles. The summed E-state index contributed by atoms with van der Waals surface area (Å²) in [7, 11) is 1.73. The van der Waals surface area contributed by atoms with Gasteiger partial charge in [0.15, 0.2) is 5.96 Å². The van der Waals surface area contributed by atoms with E-state index in [4.69, 9.17) is 4.74 Å². The SMILES string of the molecule is CN=C(NCCCc1c[nH]c2ccccc12)NCCNC(=O)OC(C)(C)C. The molecule has 2 rings (SSSR count). The molecule has 0 saturated carbocycles. The zero-order chi connectivity index (χ0) is 19.7. The Morgan fingerprint density at radius 2 is 1.81 bits per heavy atom. The maximum atomic E-state index is 11.6. The summed E-state index contributed by atoms with van der Waals surface area (Å²) in [6.45, 7) is 7.37. The molecule has 0 radical (unpaired) electrons. The third-order valence-electron chi connectivity index (χ3n) is 3.90. The number of para-hydroxylation sites is 1. The zero-order valence-electron chi connectivity index (χ0n) is 16.7. The van der Waals surface area contributed by atoms with E-state index < -0.39 is 11.7 Å². The van der Waals surface area contributed by atoms with E-state index in [0.717, 1.165) is 25.3 Å². The molecule has 1 aromatic carbocycles. The Morgan fingerprint density at radius 1 is 1.11 bits per heavy atom. The van der Waals surface area contributed by atoms with Gasteiger partial charge in [-0.15, -0.1) is 0 Å². The predicted molar refractivity (Wildman–Crippen MR) is 110 cm³/mol. The number of ether oxygens (including phenoxy) is 1. The number of benzene rings is 1. The summed E-state index contributed by atoms with van der Waals surface area (Å²) in [6, 6.07) is 8.34. The highest BCUT2D eigenvalue weighted by molar-refractivity contribution is 5.83. The van der Waals surface area contributed by atoms with Gasteiger partial charge < -0.3 is 25.7 Å². The number of H-pyrrole nitrogens is 1. The minimum atomic E-state index is -0.486. The second-order valence-electron chi connectivity index (χ2n) is 7.32. The van der Waals surface area contributed by atoms with E-state index in [0.29, 0.717) is 13.1 Å². The fourth-order valence-electron chi connectivity index (χ4n) is 2.70. The number of aromatic nitrogens is 1. The first-order valence-corrected chi connectivity index (χ1v) is 9.35. The maximum Gasteiger partial charge on any atom is 0.407 e. The summed E-state index contributed by atoms with van der Waals surface area (Å²) in [4.78, 5) is 19.1. The molecule has 2 aromatic rings. The fraction of sp³-hybridized carbons (Fsp3) is 0.500. The van der Waals surface area contributed by atoms with E-state index in [1.54, 1.807) is 7.05 Å². The Labute approximate surface area is 161 Å². The van der Waals surface area contributed by atoms with Crippen LogP contribution in [0.4, 0.5) is 4.79 Å². The average molecular weight is 374 g/mol. The van der Waals surface area contributed by atoms with Crippen molar-refractivity contribution in [2.75, 3.05) is 26.7 Å². The van der Waals surface area contributed by atoms with Gasteiger partial charge in [-0.3, -0.25) is 4.99 Å². The molecule has 0 unspecified atom stereocenters. The van der Waals surface area contributed by atoms with E-state index in [1.807, 2.05) is 26.8 Å². The summed E-state index contributed by atoms with van der Waals surface area (Å²) in [5.74, 6) is 0.722. The van der Waals surface area contributed by atoms with Crippen molar-refractivity contribution in [3.63, 3.8) is 0 Å². The number of alkyl carbamates (subject to hydrolysis) is 1. The summed E-state index contributed by atoms with van der Waals surface area (Å²) in [5, 5.41) is 10.5. The Morgan fingerprint density at radius 3 is 2.56 bits per heavy atom. The second-order valence-corrected chi connectivity index (χ2v) is 7.32. The highest BCUT2D eigenvalue weighted by Gasteiger charge is 2.15. The first-order chi connectivity index (χ1) is 12.9. The molecule has 27 heavy (non-hydrogen) atoms. The van der Waals surface area contributed by atoms with E-state index >= 15 is 0 Å². The van der Waals surface area contributed by atoms with Crippen LogP contribution in [0.25, 0.3) is 10.9 Å². The number of carbonyl (C=O) groups is 1. The van der Waals surface area contributed by atoms with Gasteiger partial charge in [-0.1, -0.05) is 18.2 Å². The summed E-state index contributed by atoms with van der Waals surface area (Å²) < 4.78 is 5.19. The van der Waals surface area contributed by atoms with Crippen LogP contribution in [0.1, 0.15) is 32.8 Å². The van der Waals surface area contributed by atoms with Crippen LogP contribution in [-0.2, 0) is 11.2 Å². The van der Waals surface area contributed by atoms with Gasteiger partial charge in [0.25, 0.3) is 0 Å². The Kier molecular flexibility index (Phi) is 7.52. The lowest BCUT2D eigenvalue weighted by molar-refractivity contribution is 0.0529. The molecule has 7 nitrogen and oxygen atoms in total. The van der Waals surface area contributed by atoms with Crippen molar-refractivity contribution < 1.29 is 9.53 Å². The number of guanidine groups is 1. The molecule has 0 aliphatic carbocycles. The Hall–Kier alpha value is -2.70. The molecule has 0 bridgehead atoms. The fourth-order valence-corrected chi connectivity index (χ4v) is 2.70. The normalized spacial score (nSPS) is 12.1. The largest absolute Gasteiger partial charge is 0.444 e. The topological polar surface area (TPSA) is 90.5 Å². The Bertz CT molecular complexity index is 761. The highest BCUT2D eigenvalue weighted by Crippen LogP contribution is 2.18. The van der Waals surface area contributed by atoms with Gasteiger partial charge in [0, 0.05) is 43.8 Å². The number of fused-ring (bicyclic) bond motifs is 1. The molecule has 1 amide bonds. The van der Waals surface area contributed by atoms with Crippen molar-refractivity contribution in [2.45, 2.75) is 39.2 Å². The van der Waals surface area contributed by atoms with Crippen molar-refractivity contribution in [3.8, 4) is 0 Å². The van der Waals surface area contributed by atoms with Crippen LogP contribution >= 0.6 is 0 Å². The minimum absolute atomic E-state index is 0.411. The lowest BCUT2D eigenvalue weighted by Gasteiger charge is -2.19. The van der Waals surface area contributed by atoms with Gasteiger partial charge in [-0.05, 0) is 45.2 Å². The van der Waals surface area contributed by atoms with Crippen molar-refractivity contribution in [3.05, 3.63) is 36.0 Å². The summed E-state index contributed by atoms with van der Waals surface area (Å²) >= 11 is 0. The number of aryl methyl sites for hydroxylation is 1. The number of rotatable bonds is 7. The number of nitrogens with zero attached hydrogens (tertiary/aromatic N) is 1. The van der Waals surface area contributed by atoms with Crippen LogP contribution in [0.5, 0.6) is 0 Å². The molecule has 0 aliphatic rings. The van der Waals surface area contributed by atoms with Gasteiger partial charge >= 0.3 is 6.09 Å². The van der Waals surface area contributed by atoms with Crippen LogP contribution in [0.3, 0.4) is 0 Å². The smallest absolute Gasteiger partial charge is 0.407 e. The van der Waals surface area contributed by atoms with E-state index in [2.05, 4.69) is 50.3 Å². The molecular formula is C20H31N5O2. The number of nitrogens with one attached hydrogen (secondary N) is 4. The molecule has 0 atom stereocenters. The first kappa shape index (κ1) is 20.6. The molecule has 4 N–H and O–H groups in total. The number of carbonyl (C=O) groups excluding carboxylic acids is 1. The van der Waals surface area contributed by atoms with Gasteiger partial charge in [0.05, 0.1) is 0 Å². The zero-order valence-corrected chi connectivity index (χ0v) is 16.7. The van der Waals surface area contributed by atoms with Crippen molar-refractivity contribution in [2.24, 2.45) is 4.99 Å². The lowest BCUT2D eigenvalue weighted by atomic mass is 10.1. The third kappa shape index (κ3) is 7.21. The number of hydrogen-bond acceptors (Lipinski definition) is 3. The minimum Gasteiger partial charge on any atom is -0.444 e. The van der Waals surface area contributed by atoms with Crippen molar-refractivity contribution >= 4 is 23.0 Å². The molecule has 148 valence electrons. The van der Waals surface area contributed by atoms with Gasteiger partial charge in [-0.25, -0.2) is 4.79 Å². The molecule has 1 heterocycles. The molecule has 1 aromatic heterocycles. The van der Waals surface area contributed by atoms with Gasteiger partial charge in [-0.2, -0.15) is 0 Å². The lowest BCUT2D eigenvalue weighted by Crippen LogP contribution is -2.42. The third-order valence-corrected chi connectivity index (χ3v) is 3.90. The first-order valence-electron chi connectivity index (χ1n) is 9.35. The van der Waals surface area contributed by atoms with E-state index in [-0.39, 0.29) is 0 Å². The number of aliphatic imine (C=N–C) groups is 1. The van der Waals surface area contributed by atoms with Crippen LogP contribution in [0.15, 0.2) is 35.5 Å². The van der Waals surface area contributed by atoms with Crippen LogP contribution in [-0.4, -0.2) is 49.3 Å². The molecular weight excluding hydrogens is 342 g/mol.